The Hall–Kier alpha value is -2.97. The van der Waals surface area contributed by atoms with Gasteiger partial charge in [-0.05, 0) is 30.7 Å². The SMILES string of the molecule is CCOC(=O)C(c1ccc(Cl)cc1)N1CCN(C(=O)c2ccccc2[N+](=O)[O-])CC1. The average molecular weight is 432 g/mol. The van der Waals surface area contributed by atoms with Crippen LogP contribution in [-0.4, -0.2) is 59.4 Å². The van der Waals surface area contributed by atoms with Crippen LogP contribution in [0.1, 0.15) is 28.9 Å². The lowest BCUT2D eigenvalue weighted by molar-refractivity contribution is -0.385. The smallest absolute Gasteiger partial charge is 0.328 e. The molecule has 8 nitrogen and oxygen atoms in total. The van der Waals surface area contributed by atoms with E-state index in [0.717, 1.165) is 5.56 Å². The molecular weight excluding hydrogens is 410 g/mol. The molecule has 1 aliphatic rings. The normalized spacial score (nSPS) is 15.5. The second-order valence-corrected chi connectivity index (χ2v) is 7.25. The Balaban J connectivity index is 1.75. The van der Waals surface area contributed by atoms with Crippen LogP contribution in [0.2, 0.25) is 5.02 Å². The molecule has 2 aromatic rings. The second-order valence-electron chi connectivity index (χ2n) is 6.81. The lowest BCUT2D eigenvalue weighted by atomic mass is 10.0. The number of ether oxygens (including phenoxy) is 1. The van der Waals surface area contributed by atoms with Crippen molar-refractivity contribution >= 4 is 29.2 Å². The topological polar surface area (TPSA) is 93.0 Å². The Morgan fingerprint density at radius 1 is 1.10 bits per heavy atom. The van der Waals surface area contributed by atoms with Crippen molar-refractivity contribution in [2.45, 2.75) is 13.0 Å². The van der Waals surface area contributed by atoms with E-state index in [0.29, 0.717) is 31.2 Å². The maximum Gasteiger partial charge on any atom is 0.328 e. The number of amides is 1. The highest BCUT2D eigenvalue weighted by Crippen LogP contribution is 2.26. The molecule has 1 unspecified atom stereocenters. The van der Waals surface area contributed by atoms with E-state index in [4.69, 9.17) is 16.3 Å². The molecule has 2 aromatic carbocycles. The maximum absolute atomic E-state index is 12.8. The summed E-state index contributed by atoms with van der Waals surface area (Å²) in [7, 11) is 0. The van der Waals surface area contributed by atoms with Crippen LogP contribution in [0.5, 0.6) is 0 Å². The summed E-state index contributed by atoms with van der Waals surface area (Å²) in [6.07, 6.45) is 0. The van der Waals surface area contributed by atoms with Crippen molar-refractivity contribution in [3.8, 4) is 0 Å². The van der Waals surface area contributed by atoms with E-state index in [1.807, 2.05) is 4.90 Å². The summed E-state index contributed by atoms with van der Waals surface area (Å²) in [6, 6.07) is 12.3. The number of benzene rings is 2. The van der Waals surface area contributed by atoms with Gasteiger partial charge < -0.3 is 9.64 Å². The molecule has 1 atom stereocenters. The Morgan fingerprint density at radius 3 is 2.33 bits per heavy atom. The summed E-state index contributed by atoms with van der Waals surface area (Å²) in [5.74, 6) is -0.751. The van der Waals surface area contributed by atoms with Gasteiger partial charge in [-0.1, -0.05) is 35.9 Å². The van der Waals surface area contributed by atoms with Crippen LogP contribution in [0.15, 0.2) is 48.5 Å². The fourth-order valence-corrected chi connectivity index (χ4v) is 3.66. The molecule has 1 heterocycles. The number of halogens is 1. The maximum atomic E-state index is 12.8. The van der Waals surface area contributed by atoms with Crippen molar-refractivity contribution in [2.75, 3.05) is 32.8 Å². The molecule has 0 N–H and O–H groups in total. The number of hydrogen-bond donors (Lipinski definition) is 0. The van der Waals surface area contributed by atoms with E-state index >= 15 is 0 Å². The van der Waals surface area contributed by atoms with Gasteiger partial charge in [0.25, 0.3) is 11.6 Å². The van der Waals surface area contributed by atoms with Gasteiger partial charge >= 0.3 is 5.97 Å². The molecule has 0 aromatic heterocycles. The van der Waals surface area contributed by atoms with E-state index in [9.17, 15) is 19.7 Å². The minimum atomic E-state index is -0.606. The van der Waals surface area contributed by atoms with Crippen molar-refractivity contribution in [3.05, 3.63) is 74.8 Å². The number of para-hydroxylation sites is 1. The molecule has 1 amide bonds. The average Bonchev–Trinajstić information content (AvgIpc) is 2.75. The Morgan fingerprint density at radius 2 is 1.73 bits per heavy atom. The summed E-state index contributed by atoms with van der Waals surface area (Å²) in [5, 5.41) is 11.8. The molecule has 0 radical (unpaired) electrons. The highest BCUT2D eigenvalue weighted by molar-refractivity contribution is 6.30. The number of carbonyl (C=O) groups excluding carboxylic acids is 2. The van der Waals surface area contributed by atoms with Crippen LogP contribution in [0.25, 0.3) is 0 Å². The molecule has 0 aliphatic carbocycles. The minimum absolute atomic E-state index is 0.0654. The zero-order valence-corrected chi connectivity index (χ0v) is 17.2. The third-order valence-corrected chi connectivity index (χ3v) is 5.25. The largest absolute Gasteiger partial charge is 0.465 e. The van der Waals surface area contributed by atoms with E-state index in [-0.39, 0.29) is 29.7 Å². The lowest BCUT2D eigenvalue weighted by Gasteiger charge is -2.38. The zero-order valence-electron chi connectivity index (χ0n) is 16.5. The predicted molar refractivity (Wildman–Crippen MR) is 111 cm³/mol. The zero-order chi connectivity index (χ0) is 21.7. The van der Waals surface area contributed by atoms with Crippen molar-refractivity contribution in [2.24, 2.45) is 0 Å². The van der Waals surface area contributed by atoms with Crippen LogP contribution in [-0.2, 0) is 9.53 Å². The molecule has 3 rings (SSSR count). The van der Waals surface area contributed by atoms with Crippen LogP contribution < -0.4 is 0 Å². The number of nitrogens with zero attached hydrogens (tertiary/aromatic N) is 3. The van der Waals surface area contributed by atoms with Gasteiger partial charge in [0.05, 0.1) is 11.5 Å². The number of nitro groups is 1. The number of piperazine rings is 1. The summed E-state index contributed by atoms with van der Waals surface area (Å²) in [6.45, 7) is 3.55. The van der Waals surface area contributed by atoms with Crippen LogP contribution in [0.3, 0.4) is 0 Å². The fourth-order valence-electron chi connectivity index (χ4n) is 3.53. The second kappa shape index (κ2) is 9.69. The molecule has 0 spiro atoms. The number of nitro benzene ring substituents is 1. The number of rotatable bonds is 6. The van der Waals surface area contributed by atoms with Gasteiger partial charge in [0.1, 0.15) is 11.6 Å². The van der Waals surface area contributed by atoms with Crippen molar-refractivity contribution in [3.63, 3.8) is 0 Å². The molecule has 0 bridgehead atoms. The van der Waals surface area contributed by atoms with Gasteiger partial charge in [-0.25, -0.2) is 4.79 Å². The van der Waals surface area contributed by atoms with Gasteiger partial charge in [0.2, 0.25) is 0 Å². The van der Waals surface area contributed by atoms with Gasteiger partial charge in [-0.3, -0.25) is 19.8 Å². The first-order chi connectivity index (χ1) is 14.4. The molecule has 1 aliphatic heterocycles. The molecule has 158 valence electrons. The molecule has 30 heavy (non-hydrogen) atoms. The summed E-state index contributed by atoms with van der Waals surface area (Å²) < 4.78 is 5.26. The highest BCUT2D eigenvalue weighted by atomic mass is 35.5. The number of esters is 1. The predicted octanol–water partition coefficient (Wildman–Crippen LogP) is 3.31. The van der Waals surface area contributed by atoms with E-state index in [1.54, 1.807) is 42.2 Å². The molecule has 0 saturated carbocycles. The van der Waals surface area contributed by atoms with Gasteiger partial charge in [0, 0.05) is 37.3 Å². The van der Waals surface area contributed by atoms with Crippen LogP contribution >= 0.6 is 11.6 Å². The van der Waals surface area contributed by atoms with Gasteiger partial charge in [0.15, 0.2) is 0 Å². The Labute approximate surface area is 179 Å². The van der Waals surface area contributed by atoms with Gasteiger partial charge in [-0.15, -0.1) is 0 Å². The number of hydrogen-bond acceptors (Lipinski definition) is 6. The highest BCUT2D eigenvalue weighted by Gasteiger charge is 2.34. The quantitative estimate of drug-likeness (QED) is 0.395. The molecular formula is C21H22ClN3O5. The Kier molecular flexibility index (Phi) is 7.02. The fraction of sp³-hybridized carbons (Fsp3) is 0.333. The van der Waals surface area contributed by atoms with Crippen molar-refractivity contribution in [1.82, 2.24) is 9.80 Å². The van der Waals surface area contributed by atoms with Crippen LogP contribution in [0.4, 0.5) is 5.69 Å². The van der Waals surface area contributed by atoms with E-state index in [1.165, 1.54) is 18.2 Å². The molecule has 1 fully saturated rings. The number of carbonyl (C=O) groups is 2. The monoisotopic (exact) mass is 431 g/mol. The third kappa shape index (κ3) is 4.77. The molecule has 9 heteroatoms. The molecule has 1 saturated heterocycles. The first-order valence-corrected chi connectivity index (χ1v) is 9.99. The van der Waals surface area contributed by atoms with E-state index < -0.39 is 11.0 Å². The first kappa shape index (κ1) is 21.7. The summed E-state index contributed by atoms with van der Waals surface area (Å²) in [5.41, 5.74) is 0.613. The van der Waals surface area contributed by atoms with Crippen LogP contribution in [0, 0.1) is 10.1 Å². The minimum Gasteiger partial charge on any atom is -0.465 e. The Bertz CT molecular complexity index is 926. The summed E-state index contributed by atoms with van der Waals surface area (Å²) >= 11 is 5.97. The lowest BCUT2D eigenvalue weighted by Crippen LogP contribution is -2.51. The van der Waals surface area contributed by atoms with Gasteiger partial charge in [-0.2, -0.15) is 0 Å². The van der Waals surface area contributed by atoms with E-state index in [2.05, 4.69) is 0 Å². The first-order valence-electron chi connectivity index (χ1n) is 9.61. The van der Waals surface area contributed by atoms with Crippen molar-refractivity contribution < 1.29 is 19.2 Å². The standard InChI is InChI=1S/C21H22ClN3O5/c1-2-30-21(27)19(15-7-9-16(22)10-8-15)23-11-13-24(14-12-23)20(26)17-5-3-4-6-18(17)25(28)29/h3-10,19H,2,11-14H2,1H3. The van der Waals surface area contributed by atoms with Crippen molar-refractivity contribution in [1.29, 1.82) is 0 Å². The summed E-state index contributed by atoms with van der Waals surface area (Å²) in [4.78, 5) is 39.7. The third-order valence-electron chi connectivity index (χ3n) is 4.99.